The average molecular weight is 622 g/mol. The van der Waals surface area contributed by atoms with Crippen molar-refractivity contribution in [3.05, 3.63) is 72.9 Å². The zero-order valence-corrected chi connectivity index (χ0v) is 29.5. The van der Waals surface area contributed by atoms with Crippen molar-refractivity contribution in [3.8, 4) is 0 Å². The Labute approximate surface area is 265 Å². The van der Waals surface area contributed by atoms with Crippen LogP contribution < -0.4 is 0 Å². The molecule has 0 rings (SSSR count). The topological polar surface area (TPSA) is 74.6 Å². The van der Waals surface area contributed by atoms with Gasteiger partial charge in [0.25, 0.3) is 0 Å². The molecule has 0 heterocycles. The molecule has 5 heteroatoms. The zero-order chi connectivity index (χ0) is 29.8. The molecule has 2 N–H and O–H groups in total. The molecule has 0 aromatic rings. The van der Waals surface area contributed by atoms with Gasteiger partial charge in [-0.05, 0) is 51.4 Å². The first-order valence-electron chi connectivity index (χ1n) is 15.9. The van der Waals surface area contributed by atoms with E-state index >= 15 is 0 Å². The summed E-state index contributed by atoms with van der Waals surface area (Å²) in [6.07, 6.45) is 46.7. The third-order valence-electron chi connectivity index (χ3n) is 6.18. The third-order valence-corrected chi connectivity index (χ3v) is 6.18. The fourth-order valence-corrected chi connectivity index (χ4v) is 3.74. The van der Waals surface area contributed by atoms with E-state index in [1.165, 1.54) is 64.2 Å². The quantitative estimate of drug-likeness (QED) is 0.0572. The second-order valence-corrected chi connectivity index (χ2v) is 10.2. The molecular formula is C36H60O4Zn. The molecule has 0 aliphatic heterocycles. The molecule has 0 unspecified atom stereocenters. The van der Waals surface area contributed by atoms with Crippen LogP contribution in [-0.2, 0) is 29.1 Å². The van der Waals surface area contributed by atoms with Crippen LogP contribution in [-0.4, -0.2) is 22.2 Å². The number of unbranched alkanes of at least 4 members (excludes halogenated alkanes) is 14. The van der Waals surface area contributed by atoms with Crippen LogP contribution in [0.4, 0.5) is 0 Å². The van der Waals surface area contributed by atoms with Crippen molar-refractivity contribution in [2.45, 2.75) is 142 Å². The van der Waals surface area contributed by atoms with Crippen molar-refractivity contribution in [1.82, 2.24) is 0 Å². The van der Waals surface area contributed by atoms with Gasteiger partial charge in [-0.25, -0.2) is 0 Å². The van der Waals surface area contributed by atoms with Gasteiger partial charge in [-0.1, -0.05) is 151 Å². The first-order chi connectivity index (χ1) is 19.5. The second-order valence-electron chi connectivity index (χ2n) is 10.2. The van der Waals surface area contributed by atoms with Gasteiger partial charge in [0, 0.05) is 32.3 Å². The minimum absolute atomic E-state index is 0. The van der Waals surface area contributed by atoms with E-state index in [2.05, 4.69) is 86.8 Å². The summed E-state index contributed by atoms with van der Waals surface area (Å²) in [5.74, 6) is -1.35. The van der Waals surface area contributed by atoms with Crippen LogP contribution in [0.2, 0.25) is 0 Å². The first-order valence-corrected chi connectivity index (χ1v) is 15.9. The van der Waals surface area contributed by atoms with Gasteiger partial charge in [0.1, 0.15) is 0 Å². The van der Waals surface area contributed by atoms with E-state index in [0.29, 0.717) is 12.8 Å². The molecule has 41 heavy (non-hydrogen) atoms. The van der Waals surface area contributed by atoms with E-state index in [0.717, 1.165) is 51.4 Å². The molecule has 0 radical (unpaired) electrons. The van der Waals surface area contributed by atoms with Gasteiger partial charge in [0.15, 0.2) is 0 Å². The summed E-state index contributed by atoms with van der Waals surface area (Å²) in [4.78, 5) is 20.6. The van der Waals surface area contributed by atoms with E-state index in [1.54, 1.807) is 0 Å². The molecule has 0 aliphatic carbocycles. The summed E-state index contributed by atoms with van der Waals surface area (Å²) >= 11 is 0. The molecule has 0 bridgehead atoms. The van der Waals surface area contributed by atoms with Gasteiger partial charge in [-0.15, -0.1) is 0 Å². The summed E-state index contributed by atoms with van der Waals surface area (Å²) in [5, 5.41) is 17.0. The summed E-state index contributed by atoms with van der Waals surface area (Å²) in [7, 11) is 0. The van der Waals surface area contributed by atoms with Crippen LogP contribution in [0.15, 0.2) is 72.9 Å². The van der Waals surface area contributed by atoms with Crippen LogP contribution in [0.5, 0.6) is 0 Å². The summed E-state index contributed by atoms with van der Waals surface area (Å²) in [6, 6.07) is 0. The molecule has 0 spiro atoms. The maximum atomic E-state index is 10.3. The van der Waals surface area contributed by atoms with Gasteiger partial charge < -0.3 is 10.2 Å². The maximum Gasteiger partial charge on any atom is 0.303 e. The van der Waals surface area contributed by atoms with Crippen molar-refractivity contribution in [3.63, 3.8) is 0 Å². The second kappa shape index (κ2) is 40.1. The molecule has 0 aliphatic rings. The smallest absolute Gasteiger partial charge is 0.303 e. The minimum Gasteiger partial charge on any atom is -0.481 e. The molecule has 0 atom stereocenters. The van der Waals surface area contributed by atoms with E-state index in [9.17, 15) is 9.59 Å². The van der Waals surface area contributed by atoms with Gasteiger partial charge in [0.2, 0.25) is 0 Å². The fraction of sp³-hybridized carbons (Fsp3) is 0.611. The first kappa shape index (κ1) is 43.5. The van der Waals surface area contributed by atoms with Crippen LogP contribution in [0.1, 0.15) is 142 Å². The SMILES string of the molecule is CCCCC=CC=CC=CCCCCCCCC(=O)O.CCCCC=CC=CC=CCCCCCCCC(=O)O.[Zn]. The Morgan fingerprint density at radius 2 is 0.683 bits per heavy atom. The Morgan fingerprint density at radius 3 is 0.976 bits per heavy atom. The van der Waals surface area contributed by atoms with E-state index < -0.39 is 11.9 Å². The van der Waals surface area contributed by atoms with Crippen molar-refractivity contribution in [1.29, 1.82) is 0 Å². The number of hydrogen-bond acceptors (Lipinski definition) is 2. The monoisotopic (exact) mass is 620 g/mol. The van der Waals surface area contributed by atoms with E-state index in [1.807, 2.05) is 0 Å². The molecule has 4 nitrogen and oxygen atoms in total. The van der Waals surface area contributed by atoms with Crippen LogP contribution in [0.3, 0.4) is 0 Å². The number of aliphatic carboxylic acids is 2. The maximum absolute atomic E-state index is 10.3. The van der Waals surface area contributed by atoms with Gasteiger partial charge in [-0.3, -0.25) is 9.59 Å². The van der Waals surface area contributed by atoms with Crippen LogP contribution in [0, 0.1) is 0 Å². The van der Waals surface area contributed by atoms with E-state index in [-0.39, 0.29) is 19.5 Å². The van der Waals surface area contributed by atoms with Crippen LogP contribution >= 0.6 is 0 Å². The summed E-state index contributed by atoms with van der Waals surface area (Å²) in [5.41, 5.74) is 0. The number of carboxylic acid groups (broad SMARTS) is 2. The number of rotatable bonds is 26. The Hall–Kier alpha value is -2.00. The predicted octanol–water partition coefficient (Wildman–Crippen LogP) is 11.3. The summed E-state index contributed by atoms with van der Waals surface area (Å²) in [6.45, 7) is 4.41. The molecule has 0 aromatic carbocycles. The number of carbonyl (C=O) groups is 2. The standard InChI is InChI=1S/2C18H30O2.Zn/c2*1-2-3-4-5-6-7-8-9-10-11-12-13-14-15-16-17-18(19)20;/h2*5-10H,2-4,11-17H2,1H3,(H,19,20);. The Morgan fingerprint density at radius 1 is 0.415 bits per heavy atom. The Bertz CT molecular complexity index is 670. The minimum atomic E-state index is -0.677. The van der Waals surface area contributed by atoms with Crippen LogP contribution in [0.25, 0.3) is 0 Å². The molecular weight excluding hydrogens is 562 g/mol. The fourth-order valence-electron chi connectivity index (χ4n) is 3.74. The van der Waals surface area contributed by atoms with Crippen molar-refractivity contribution in [2.24, 2.45) is 0 Å². The predicted molar refractivity (Wildman–Crippen MR) is 174 cm³/mol. The van der Waals surface area contributed by atoms with Gasteiger partial charge >= 0.3 is 11.9 Å². The Kier molecular flexibility index (Phi) is 42.5. The zero-order valence-electron chi connectivity index (χ0n) is 26.5. The number of allylic oxidation sites excluding steroid dienone is 12. The van der Waals surface area contributed by atoms with Crippen molar-refractivity contribution >= 4 is 11.9 Å². The van der Waals surface area contributed by atoms with Gasteiger partial charge in [0.05, 0.1) is 0 Å². The molecule has 0 amide bonds. The summed E-state index contributed by atoms with van der Waals surface area (Å²) < 4.78 is 0. The number of hydrogen-bond donors (Lipinski definition) is 2. The molecule has 0 saturated carbocycles. The molecule has 0 fully saturated rings. The van der Waals surface area contributed by atoms with E-state index in [4.69, 9.17) is 10.2 Å². The molecule has 230 valence electrons. The van der Waals surface area contributed by atoms with Gasteiger partial charge in [-0.2, -0.15) is 0 Å². The molecule has 0 aromatic heterocycles. The van der Waals surface area contributed by atoms with Crippen molar-refractivity contribution in [2.75, 3.05) is 0 Å². The molecule has 0 saturated heterocycles. The largest absolute Gasteiger partial charge is 0.481 e. The normalized spacial score (nSPS) is 11.8. The van der Waals surface area contributed by atoms with Crippen molar-refractivity contribution < 1.29 is 39.3 Å². The average Bonchev–Trinajstić information content (AvgIpc) is 2.93. The number of carboxylic acids is 2. The Balaban J connectivity index is -0.000000688. The third kappa shape index (κ3) is 48.1.